The largest absolute Gasteiger partial charge is 0.459 e. The van der Waals surface area contributed by atoms with E-state index in [2.05, 4.69) is 0 Å². The standard InChI is InChI=1S/C41H32Cl4N2O10/c1-38(23-54-36(52)29-18-16-27(43)22-31(29)45)39(2,55-34(50)24-11-7-5-8-12-24)40(3,56-35(51)25-13-9-6-10-14-25)41(4,57-38)46-20-19-32(48)47(37(46)53)33(49)28-17-15-26(42)21-30(28)44/h5-22H,23H2,1-4H3. The van der Waals surface area contributed by atoms with E-state index in [9.17, 15) is 28.8 Å². The first kappa shape index (κ1) is 41.4. The molecule has 4 aromatic carbocycles. The summed E-state index contributed by atoms with van der Waals surface area (Å²) in [4.78, 5) is 83.5. The number of carbonyl (C=O) groups excluding carboxylic acids is 4. The summed E-state index contributed by atoms with van der Waals surface area (Å²) in [6.07, 6.45) is 1.04. The van der Waals surface area contributed by atoms with Crippen molar-refractivity contribution in [3.8, 4) is 0 Å². The Balaban J connectivity index is 1.57. The van der Waals surface area contributed by atoms with Gasteiger partial charge in [0.05, 0.1) is 32.3 Å². The molecule has 6 rings (SSSR count). The highest BCUT2D eigenvalue weighted by Crippen LogP contribution is 2.58. The van der Waals surface area contributed by atoms with Gasteiger partial charge in [-0.1, -0.05) is 82.8 Å². The molecule has 12 nitrogen and oxygen atoms in total. The van der Waals surface area contributed by atoms with Crippen LogP contribution in [0.4, 0.5) is 0 Å². The Hall–Kier alpha value is -5.24. The third-order valence-electron chi connectivity index (χ3n) is 10.3. The monoisotopic (exact) mass is 852 g/mol. The number of rotatable bonds is 9. The number of hydrogen-bond donors (Lipinski definition) is 0. The van der Waals surface area contributed by atoms with Crippen molar-refractivity contribution in [1.29, 1.82) is 0 Å². The van der Waals surface area contributed by atoms with E-state index in [0.717, 1.165) is 16.8 Å². The van der Waals surface area contributed by atoms with Gasteiger partial charge in [-0.05, 0) is 88.4 Å². The van der Waals surface area contributed by atoms with Crippen LogP contribution in [0.25, 0.3) is 0 Å². The van der Waals surface area contributed by atoms with Crippen molar-refractivity contribution < 1.29 is 38.1 Å². The minimum atomic E-state index is -2.28. The van der Waals surface area contributed by atoms with E-state index in [1.54, 1.807) is 36.4 Å². The quantitative estimate of drug-likeness (QED) is 0.106. The highest BCUT2D eigenvalue weighted by Gasteiger charge is 2.79. The molecule has 1 aliphatic heterocycles. The molecule has 0 saturated carbocycles. The lowest BCUT2D eigenvalue weighted by Crippen LogP contribution is -2.68. The van der Waals surface area contributed by atoms with E-state index in [-0.39, 0.29) is 42.3 Å². The number of nitrogens with zero attached hydrogens (tertiary/aromatic N) is 2. The molecule has 1 saturated heterocycles. The van der Waals surface area contributed by atoms with Gasteiger partial charge < -0.3 is 18.9 Å². The fourth-order valence-corrected chi connectivity index (χ4v) is 7.75. The van der Waals surface area contributed by atoms with Gasteiger partial charge in [-0.3, -0.25) is 14.2 Å². The Bertz CT molecular complexity index is 2550. The molecule has 4 unspecified atom stereocenters. The van der Waals surface area contributed by atoms with E-state index in [4.69, 9.17) is 65.4 Å². The molecule has 0 spiro atoms. The topological polar surface area (TPSA) is 149 Å². The van der Waals surface area contributed by atoms with Crippen molar-refractivity contribution in [2.45, 2.75) is 50.2 Å². The summed E-state index contributed by atoms with van der Waals surface area (Å²) >= 11 is 24.7. The lowest BCUT2D eigenvalue weighted by molar-refractivity contribution is -0.198. The van der Waals surface area contributed by atoms with E-state index < -0.39 is 64.2 Å². The number of ether oxygens (including phenoxy) is 4. The first-order chi connectivity index (χ1) is 26.9. The molecule has 294 valence electrons. The molecular formula is C41H32Cl4N2O10. The van der Waals surface area contributed by atoms with Gasteiger partial charge in [0.25, 0.3) is 11.5 Å². The summed E-state index contributed by atoms with van der Waals surface area (Å²) in [6.45, 7) is 4.79. The fraction of sp³-hybridized carbons (Fsp3) is 0.220. The van der Waals surface area contributed by atoms with Crippen LogP contribution in [0.5, 0.6) is 0 Å². The van der Waals surface area contributed by atoms with Gasteiger partial charge in [0.1, 0.15) is 12.2 Å². The van der Waals surface area contributed by atoms with E-state index >= 15 is 0 Å². The van der Waals surface area contributed by atoms with Gasteiger partial charge >= 0.3 is 23.6 Å². The number of carbonyl (C=O) groups is 4. The highest BCUT2D eigenvalue weighted by molar-refractivity contribution is 6.37. The van der Waals surface area contributed by atoms with Gasteiger partial charge in [0.15, 0.2) is 16.9 Å². The van der Waals surface area contributed by atoms with Gasteiger partial charge in [0, 0.05) is 22.3 Å². The molecule has 57 heavy (non-hydrogen) atoms. The Kier molecular flexibility index (Phi) is 11.3. The van der Waals surface area contributed by atoms with Crippen molar-refractivity contribution in [1.82, 2.24) is 9.13 Å². The molecule has 0 radical (unpaired) electrons. The number of halogens is 4. The number of hydrogen-bond acceptors (Lipinski definition) is 10. The fourth-order valence-electron chi connectivity index (χ4n) is 6.77. The second-order valence-corrected chi connectivity index (χ2v) is 15.4. The molecule has 4 atom stereocenters. The second kappa shape index (κ2) is 15.6. The summed E-state index contributed by atoms with van der Waals surface area (Å²) < 4.78 is 26.4. The summed E-state index contributed by atoms with van der Waals surface area (Å²) in [7, 11) is 0. The van der Waals surface area contributed by atoms with E-state index in [1.807, 2.05) is 0 Å². The van der Waals surface area contributed by atoms with Gasteiger partial charge in [0.2, 0.25) is 0 Å². The first-order valence-corrected chi connectivity index (χ1v) is 18.6. The molecule has 0 bridgehead atoms. The third-order valence-corrected chi connectivity index (χ3v) is 11.4. The van der Waals surface area contributed by atoms with Crippen molar-refractivity contribution in [3.63, 3.8) is 0 Å². The van der Waals surface area contributed by atoms with Crippen molar-refractivity contribution >= 4 is 70.2 Å². The highest BCUT2D eigenvalue weighted by atomic mass is 35.5. The van der Waals surface area contributed by atoms with Crippen LogP contribution in [-0.2, 0) is 24.7 Å². The van der Waals surface area contributed by atoms with Crippen LogP contribution in [0.2, 0.25) is 20.1 Å². The second-order valence-electron chi connectivity index (χ2n) is 13.7. The van der Waals surface area contributed by atoms with Crippen LogP contribution in [0.1, 0.15) is 69.1 Å². The minimum Gasteiger partial charge on any atom is -0.459 e. The average Bonchev–Trinajstić information content (AvgIpc) is 3.29. The maximum Gasteiger partial charge on any atom is 0.340 e. The van der Waals surface area contributed by atoms with Crippen molar-refractivity contribution in [2.75, 3.05) is 6.61 Å². The number of benzene rings is 4. The lowest BCUT2D eigenvalue weighted by Gasteiger charge is -2.47. The van der Waals surface area contributed by atoms with Gasteiger partial charge in [-0.15, -0.1) is 0 Å². The molecule has 5 aromatic rings. The molecule has 0 aliphatic carbocycles. The Morgan fingerprint density at radius 2 is 1.12 bits per heavy atom. The summed E-state index contributed by atoms with van der Waals surface area (Å²) in [5.41, 5.74) is -11.2. The minimum absolute atomic E-state index is 0.0194. The molecule has 16 heteroatoms. The number of aromatic nitrogens is 2. The molecule has 2 heterocycles. The summed E-state index contributed by atoms with van der Waals surface area (Å²) in [5, 5.41) is 0.294. The number of esters is 3. The smallest absolute Gasteiger partial charge is 0.340 e. The zero-order valence-corrected chi connectivity index (χ0v) is 33.6. The molecule has 1 fully saturated rings. The molecular weight excluding hydrogens is 822 g/mol. The molecule has 0 N–H and O–H groups in total. The average molecular weight is 855 g/mol. The summed E-state index contributed by atoms with van der Waals surface area (Å²) in [6, 6.07) is 24.6. The van der Waals surface area contributed by atoms with Gasteiger partial charge in [-0.25, -0.2) is 19.2 Å². The lowest BCUT2D eigenvalue weighted by atomic mass is 9.72. The first-order valence-electron chi connectivity index (χ1n) is 17.1. The molecule has 1 aliphatic rings. The van der Waals surface area contributed by atoms with Crippen LogP contribution in [0, 0.1) is 0 Å². The zero-order valence-electron chi connectivity index (χ0n) is 30.6. The SMILES string of the molecule is CC1(COC(=O)c2ccc(Cl)cc2Cl)OC(C)(n2ccc(=O)n(C(=O)c3ccc(Cl)cc3Cl)c2=O)C(C)(OC(=O)c2ccccc2)C1(C)OC(=O)c1ccccc1. The van der Waals surface area contributed by atoms with E-state index in [1.165, 1.54) is 88.4 Å². The normalized spacial score (nSPS) is 22.7. The van der Waals surface area contributed by atoms with Crippen LogP contribution in [0.15, 0.2) is 119 Å². The Morgan fingerprint density at radius 1 is 0.632 bits per heavy atom. The van der Waals surface area contributed by atoms with Crippen LogP contribution in [0.3, 0.4) is 0 Å². The molecule has 1 aromatic heterocycles. The maximum absolute atomic E-state index is 14.6. The zero-order chi connectivity index (χ0) is 41.5. The van der Waals surface area contributed by atoms with Crippen LogP contribution >= 0.6 is 46.4 Å². The van der Waals surface area contributed by atoms with Crippen molar-refractivity contribution in [3.05, 3.63) is 173 Å². The molecule has 0 amide bonds. The predicted octanol–water partition coefficient (Wildman–Crippen LogP) is 7.86. The Labute approximate surface area is 345 Å². The van der Waals surface area contributed by atoms with Crippen molar-refractivity contribution in [2.24, 2.45) is 0 Å². The van der Waals surface area contributed by atoms with Gasteiger partial charge in [-0.2, -0.15) is 4.57 Å². The Morgan fingerprint density at radius 3 is 1.63 bits per heavy atom. The summed E-state index contributed by atoms with van der Waals surface area (Å²) in [5.74, 6) is -3.88. The maximum atomic E-state index is 14.6. The third kappa shape index (κ3) is 7.28. The predicted molar refractivity (Wildman–Crippen MR) is 212 cm³/mol. The van der Waals surface area contributed by atoms with Crippen LogP contribution < -0.4 is 11.2 Å². The van der Waals surface area contributed by atoms with Crippen LogP contribution in [-0.4, -0.2) is 56.4 Å². The van der Waals surface area contributed by atoms with E-state index in [0.29, 0.717) is 4.57 Å².